The molecule has 0 heterocycles. The van der Waals surface area contributed by atoms with Crippen LogP contribution >= 0.6 is 0 Å². The third kappa shape index (κ3) is 5.14. The zero-order valence-electron chi connectivity index (χ0n) is 11.7. The maximum absolute atomic E-state index is 14.0. The molecule has 108 valence electrons. The van der Waals surface area contributed by atoms with Gasteiger partial charge in [0.25, 0.3) is 0 Å². The van der Waals surface area contributed by atoms with E-state index in [0.29, 0.717) is 31.8 Å². The Balaban J connectivity index is 2.55. The van der Waals surface area contributed by atoms with E-state index < -0.39 is 0 Å². The largest absolute Gasteiger partial charge is 0.494 e. The van der Waals surface area contributed by atoms with Crippen molar-refractivity contribution >= 4 is 0 Å². The maximum Gasteiger partial charge on any atom is 0.168 e. The van der Waals surface area contributed by atoms with E-state index in [4.69, 9.17) is 14.2 Å². The molecular formula is C14H22FNO3. The Morgan fingerprint density at radius 1 is 1.26 bits per heavy atom. The number of benzene rings is 1. The van der Waals surface area contributed by atoms with Gasteiger partial charge in [-0.1, -0.05) is 12.1 Å². The lowest BCUT2D eigenvalue weighted by atomic mass is 10.1. The highest BCUT2D eigenvalue weighted by Crippen LogP contribution is 2.21. The zero-order chi connectivity index (χ0) is 14.1. The van der Waals surface area contributed by atoms with Crippen LogP contribution < -0.4 is 10.1 Å². The van der Waals surface area contributed by atoms with Crippen molar-refractivity contribution in [2.45, 2.75) is 12.5 Å². The van der Waals surface area contributed by atoms with Gasteiger partial charge in [-0.25, -0.2) is 4.39 Å². The van der Waals surface area contributed by atoms with Gasteiger partial charge in [-0.2, -0.15) is 0 Å². The quantitative estimate of drug-likeness (QED) is 0.693. The SMILES string of the molecule is CNC(COCCOC)Cc1cccc(OC)c1F. The molecule has 0 aliphatic carbocycles. The van der Waals surface area contributed by atoms with Crippen molar-refractivity contribution in [2.75, 3.05) is 41.1 Å². The molecule has 1 N–H and O–H groups in total. The van der Waals surface area contributed by atoms with Gasteiger partial charge in [-0.3, -0.25) is 0 Å². The topological polar surface area (TPSA) is 39.7 Å². The van der Waals surface area contributed by atoms with Crippen LogP contribution in [0.15, 0.2) is 18.2 Å². The molecule has 1 rings (SSSR count). The molecular weight excluding hydrogens is 249 g/mol. The van der Waals surface area contributed by atoms with Crippen molar-refractivity contribution in [3.05, 3.63) is 29.6 Å². The highest BCUT2D eigenvalue weighted by Gasteiger charge is 2.13. The summed E-state index contributed by atoms with van der Waals surface area (Å²) >= 11 is 0. The Kier molecular flexibility index (Phi) is 7.40. The Bertz CT molecular complexity index is 374. The molecule has 1 aromatic carbocycles. The summed E-state index contributed by atoms with van der Waals surface area (Å²) in [6.45, 7) is 1.61. The van der Waals surface area contributed by atoms with Gasteiger partial charge in [0.05, 0.1) is 26.9 Å². The number of methoxy groups -OCH3 is 2. The number of hydrogen-bond donors (Lipinski definition) is 1. The first kappa shape index (κ1) is 15.9. The molecule has 0 spiro atoms. The average molecular weight is 271 g/mol. The van der Waals surface area contributed by atoms with Crippen LogP contribution in [0.4, 0.5) is 4.39 Å². The second-order valence-corrected chi connectivity index (χ2v) is 4.19. The van der Waals surface area contributed by atoms with Crippen LogP contribution in [-0.4, -0.2) is 47.1 Å². The summed E-state index contributed by atoms with van der Waals surface area (Å²) < 4.78 is 29.3. The molecule has 1 unspecified atom stereocenters. The fraction of sp³-hybridized carbons (Fsp3) is 0.571. The standard InChI is InChI=1S/C14H22FNO3/c1-16-12(10-19-8-7-17-2)9-11-5-4-6-13(18-3)14(11)15/h4-6,12,16H,7-10H2,1-3H3. The lowest BCUT2D eigenvalue weighted by Crippen LogP contribution is -2.33. The molecule has 19 heavy (non-hydrogen) atoms. The molecule has 0 fully saturated rings. The zero-order valence-corrected chi connectivity index (χ0v) is 11.7. The summed E-state index contributed by atoms with van der Waals surface area (Å²) in [5.41, 5.74) is 0.619. The van der Waals surface area contributed by atoms with E-state index in [0.717, 1.165) is 0 Å². The third-order valence-corrected chi connectivity index (χ3v) is 2.89. The van der Waals surface area contributed by atoms with Gasteiger partial charge in [0.1, 0.15) is 0 Å². The van der Waals surface area contributed by atoms with Crippen LogP contribution in [0.25, 0.3) is 0 Å². The van der Waals surface area contributed by atoms with Crippen LogP contribution in [0.5, 0.6) is 5.75 Å². The van der Waals surface area contributed by atoms with Gasteiger partial charge in [0.15, 0.2) is 11.6 Å². The summed E-state index contributed by atoms with van der Waals surface area (Å²) in [5.74, 6) is -0.0326. The number of rotatable bonds is 9. The summed E-state index contributed by atoms with van der Waals surface area (Å²) in [4.78, 5) is 0. The second-order valence-electron chi connectivity index (χ2n) is 4.19. The molecule has 0 bridgehead atoms. The first-order valence-electron chi connectivity index (χ1n) is 6.28. The Morgan fingerprint density at radius 2 is 2.05 bits per heavy atom. The normalized spacial score (nSPS) is 12.4. The van der Waals surface area contributed by atoms with Crippen molar-refractivity contribution < 1.29 is 18.6 Å². The van der Waals surface area contributed by atoms with Crippen molar-refractivity contribution in [1.29, 1.82) is 0 Å². The molecule has 0 aromatic heterocycles. The third-order valence-electron chi connectivity index (χ3n) is 2.89. The molecule has 0 radical (unpaired) electrons. The minimum absolute atomic E-state index is 0.0541. The van der Waals surface area contributed by atoms with Crippen LogP contribution in [0.1, 0.15) is 5.56 Å². The predicted molar refractivity (Wildman–Crippen MR) is 72.2 cm³/mol. The van der Waals surface area contributed by atoms with Gasteiger partial charge in [0, 0.05) is 13.2 Å². The number of ether oxygens (including phenoxy) is 3. The number of halogens is 1. The van der Waals surface area contributed by atoms with E-state index in [9.17, 15) is 4.39 Å². The van der Waals surface area contributed by atoms with E-state index in [1.54, 1.807) is 25.3 Å². The van der Waals surface area contributed by atoms with E-state index >= 15 is 0 Å². The minimum atomic E-state index is -0.304. The molecule has 0 saturated heterocycles. The lowest BCUT2D eigenvalue weighted by molar-refractivity contribution is 0.0596. The van der Waals surface area contributed by atoms with Crippen molar-refractivity contribution in [3.63, 3.8) is 0 Å². The first-order chi connectivity index (χ1) is 9.22. The van der Waals surface area contributed by atoms with Crippen LogP contribution in [0.2, 0.25) is 0 Å². The summed E-state index contributed by atoms with van der Waals surface area (Å²) in [7, 11) is 4.93. The van der Waals surface area contributed by atoms with Gasteiger partial charge in [-0.15, -0.1) is 0 Å². The Hall–Kier alpha value is -1.17. The maximum atomic E-state index is 14.0. The highest BCUT2D eigenvalue weighted by molar-refractivity contribution is 5.31. The molecule has 1 aromatic rings. The molecule has 0 aliphatic rings. The van der Waals surface area contributed by atoms with E-state index in [1.807, 2.05) is 7.05 Å². The summed E-state index contributed by atoms with van der Waals surface area (Å²) in [5, 5.41) is 3.12. The highest BCUT2D eigenvalue weighted by atomic mass is 19.1. The molecule has 0 amide bonds. The fourth-order valence-corrected chi connectivity index (χ4v) is 1.75. The Morgan fingerprint density at radius 3 is 2.68 bits per heavy atom. The van der Waals surface area contributed by atoms with E-state index in [1.165, 1.54) is 7.11 Å². The first-order valence-corrected chi connectivity index (χ1v) is 6.28. The number of hydrogen-bond acceptors (Lipinski definition) is 4. The molecule has 0 saturated carbocycles. The monoisotopic (exact) mass is 271 g/mol. The molecule has 0 aliphatic heterocycles. The summed E-state index contributed by atoms with van der Waals surface area (Å²) in [6, 6.07) is 5.22. The molecule has 4 nitrogen and oxygen atoms in total. The van der Waals surface area contributed by atoms with Gasteiger partial charge in [-0.05, 0) is 25.1 Å². The summed E-state index contributed by atoms with van der Waals surface area (Å²) in [6.07, 6.45) is 0.548. The smallest absolute Gasteiger partial charge is 0.168 e. The fourth-order valence-electron chi connectivity index (χ4n) is 1.75. The average Bonchev–Trinajstić information content (AvgIpc) is 2.44. The van der Waals surface area contributed by atoms with Gasteiger partial charge < -0.3 is 19.5 Å². The van der Waals surface area contributed by atoms with Gasteiger partial charge >= 0.3 is 0 Å². The number of nitrogens with one attached hydrogen (secondary N) is 1. The Labute approximate surface area is 113 Å². The van der Waals surface area contributed by atoms with E-state index in [-0.39, 0.29) is 17.6 Å². The van der Waals surface area contributed by atoms with Crippen molar-refractivity contribution in [2.24, 2.45) is 0 Å². The lowest BCUT2D eigenvalue weighted by Gasteiger charge is -2.17. The second kappa shape index (κ2) is 8.85. The van der Waals surface area contributed by atoms with Crippen molar-refractivity contribution in [1.82, 2.24) is 5.32 Å². The molecule has 1 atom stereocenters. The van der Waals surface area contributed by atoms with E-state index in [2.05, 4.69) is 5.32 Å². The number of likely N-dealkylation sites (N-methyl/N-ethyl adjacent to an activating group) is 1. The van der Waals surface area contributed by atoms with Crippen LogP contribution in [0.3, 0.4) is 0 Å². The predicted octanol–water partition coefficient (Wildman–Crippen LogP) is 1.63. The van der Waals surface area contributed by atoms with Crippen molar-refractivity contribution in [3.8, 4) is 5.75 Å². The van der Waals surface area contributed by atoms with Crippen LogP contribution in [0, 0.1) is 5.82 Å². The van der Waals surface area contributed by atoms with Gasteiger partial charge in [0.2, 0.25) is 0 Å². The minimum Gasteiger partial charge on any atom is -0.494 e. The molecule has 5 heteroatoms. The van der Waals surface area contributed by atoms with Crippen LogP contribution in [-0.2, 0) is 15.9 Å².